The lowest BCUT2D eigenvalue weighted by Gasteiger charge is -2.32. The highest BCUT2D eigenvalue weighted by molar-refractivity contribution is 5.18. The number of nitrogens with zero attached hydrogens (tertiary/aromatic N) is 1. The van der Waals surface area contributed by atoms with Gasteiger partial charge in [-0.15, -0.1) is 0 Å². The minimum atomic E-state index is -0.749. The number of hydrogen-bond donors (Lipinski definition) is 1. The molecule has 19 heavy (non-hydrogen) atoms. The van der Waals surface area contributed by atoms with E-state index in [2.05, 4.69) is 10.2 Å². The SMILES string of the molecule is CNCCC1CCN(Cc2cccc(F)c2F)CC1. The summed E-state index contributed by atoms with van der Waals surface area (Å²) in [6.07, 6.45) is 3.51. The van der Waals surface area contributed by atoms with Gasteiger partial charge in [0.05, 0.1) is 0 Å². The average Bonchev–Trinajstić information content (AvgIpc) is 2.43. The van der Waals surface area contributed by atoms with Gasteiger partial charge in [0.1, 0.15) is 0 Å². The highest BCUT2D eigenvalue weighted by Gasteiger charge is 2.20. The summed E-state index contributed by atoms with van der Waals surface area (Å²) in [7, 11) is 1.97. The molecular formula is C15H22F2N2. The smallest absolute Gasteiger partial charge is 0.163 e. The third kappa shape index (κ3) is 3.98. The molecule has 0 aliphatic carbocycles. The third-order valence-corrected chi connectivity index (χ3v) is 3.94. The van der Waals surface area contributed by atoms with E-state index in [4.69, 9.17) is 0 Å². The van der Waals surface area contributed by atoms with Gasteiger partial charge in [-0.05, 0) is 57.9 Å². The lowest BCUT2D eigenvalue weighted by Crippen LogP contribution is -2.34. The summed E-state index contributed by atoms with van der Waals surface area (Å²) in [5, 5.41) is 3.17. The molecule has 0 bridgehead atoms. The molecule has 1 aliphatic rings. The van der Waals surface area contributed by atoms with E-state index in [0.29, 0.717) is 12.1 Å². The lowest BCUT2D eigenvalue weighted by atomic mass is 9.93. The summed E-state index contributed by atoms with van der Waals surface area (Å²) in [4.78, 5) is 2.22. The van der Waals surface area contributed by atoms with E-state index < -0.39 is 11.6 Å². The molecule has 0 saturated carbocycles. The number of likely N-dealkylation sites (tertiary alicyclic amines) is 1. The van der Waals surface area contributed by atoms with Crippen molar-refractivity contribution in [3.8, 4) is 0 Å². The van der Waals surface area contributed by atoms with Crippen molar-refractivity contribution < 1.29 is 8.78 Å². The van der Waals surface area contributed by atoms with Gasteiger partial charge in [0.2, 0.25) is 0 Å². The molecule has 4 heteroatoms. The fourth-order valence-electron chi connectivity index (χ4n) is 2.69. The topological polar surface area (TPSA) is 15.3 Å². The maximum absolute atomic E-state index is 13.6. The van der Waals surface area contributed by atoms with Crippen LogP contribution < -0.4 is 5.32 Å². The Morgan fingerprint density at radius 3 is 2.68 bits per heavy atom. The molecule has 1 heterocycles. The van der Waals surface area contributed by atoms with Crippen molar-refractivity contribution in [1.29, 1.82) is 0 Å². The fraction of sp³-hybridized carbons (Fsp3) is 0.600. The molecule has 2 nitrogen and oxygen atoms in total. The zero-order chi connectivity index (χ0) is 13.7. The van der Waals surface area contributed by atoms with Crippen LogP contribution in [0.5, 0.6) is 0 Å². The Hall–Kier alpha value is -1.00. The van der Waals surface area contributed by atoms with Gasteiger partial charge in [-0.25, -0.2) is 8.78 Å². The number of piperidine rings is 1. The minimum Gasteiger partial charge on any atom is -0.320 e. The Morgan fingerprint density at radius 1 is 1.26 bits per heavy atom. The number of benzene rings is 1. The van der Waals surface area contributed by atoms with E-state index in [9.17, 15) is 8.78 Å². The van der Waals surface area contributed by atoms with E-state index in [0.717, 1.165) is 38.4 Å². The molecule has 0 aromatic heterocycles. The molecule has 0 radical (unpaired) electrons. The van der Waals surface area contributed by atoms with Crippen LogP contribution in [0.2, 0.25) is 0 Å². The second kappa shape index (κ2) is 6.96. The van der Waals surface area contributed by atoms with E-state index in [-0.39, 0.29) is 0 Å². The highest BCUT2D eigenvalue weighted by atomic mass is 19.2. The van der Waals surface area contributed by atoms with Gasteiger partial charge in [-0.1, -0.05) is 12.1 Å². The number of hydrogen-bond acceptors (Lipinski definition) is 2. The minimum absolute atomic E-state index is 0.466. The van der Waals surface area contributed by atoms with Gasteiger partial charge in [-0.3, -0.25) is 4.90 Å². The Kier molecular flexibility index (Phi) is 5.28. The van der Waals surface area contributed by atoms with Crippen molar-refractivity contribution in [2.75, 3.05) is 26.7 Å². The first-order valence-electron chi connectivity index (χ1n) is 7.00. The van der Waals surface area contributed by atoms with E-state index in [1.165, 1.54) is 12.5 Å². The molecule has 1 N–H and O–H groups in total. The molecular weight excluding hydrogens is 246 g/mol. The first kappa shape index (κ1) is 14.4. The van der Waals surface area contributed by atoms with Crippen LogP contribution in [0.15, 0.2) is 18.2 Å². The summed E-state index contributed by atoms with van der Waals surface area (Å²) < 4.78 is 26.7. The highest BCUT2D eigenvalue weighted by Crippen LogP contribution is 2.22. The van der Waals surface area contributed by atoms with Crippen molar-refractivity contribution >= 4 is 0 Å². The molecule has 0 spiro atoms. The first-order valence-corrected chi connectivity index (χ1v) is 7.00. The zero-order valence-corrected chi connectivity index (χ0v) is 11.5. The summed E-state index contributed by atoms with van der Waals surface area (Å²) in [6.45, 7) is 3.53. The molecule has 1 fully saturated rings. The largest absolute Gasteiger partial charge is 0.320 e. The van der Waals surface area contributed by atoms with Crippen molar-refractivity contribution in [2.45, 2.75) is 25.8 Å². The van der Waals surface area contributed by atoms with Crippen LogP contribution in [0.3, 0.4) is 0 Å². The molecule has 1 aromatic carbocycles. The molecule has 1 aromatic rings. The van der Waals surface area contributed by atoms with Crippen LogP contribution >= 0.6 is 0 Å². The van der Waals surface area contributed by atoms with Crippen LogP contribution in [0.1, 0.15) is 24.8 Å². The number of rotatable bonds is 5. The van der Waals surface area contributed by atoms with Crippen LogP contribution in [-0.4, -0.2) is 31.6 Å². The molecule has 2 rings (SSSR count). The molecule has 1 saturated heterocycles. The average molecular weight is 268 g/mol. The van der Waals surface area contributed by atoms with Crippen LogP contribution in [0.4, 0.5) is 8.78 Å². The van der Waals surface area contributed by atoms with Crippen molar-refractivity contribution in [1.82, 2.24) is 10.2 Å². The van der Waals surface area contributed by atoms with Gasteiger partial charge in [0, 0.05) is 12.1 Å². The lowest BCUT2D eigenvalue weighted by molar-refractivity contribution is 0.170. The van der Waals surface area contributed by atoms with Crippen molar-refractivity contribution in [3.05, 3.63) is 35.4 Å². The summed E-state index contributed by atoms with van der Waals surface area (Å²) in [5.41, 5.74) is 0.466. The summed E-state index contributed by atoms with van der Waals surface area (Å²) in [6, 6.07) is 4.42. The summed E-state index contributed by atoms with van der Waals surface area (Å²) in [5.74, 6) is -0.678. The molecule has 1 aliphatic heterocycles. The van der Waals surface area contributed by atoms with Gasteiger partial charge < -0.3 is 5.32 Å². The fourth-order valence-corrected chi connectivity index (χ4v) is 2.69. The molecule has 0 amide bonds. The van der Waals surface area contributed by atoms with Gasteiger partial charge in [-0.2, -0.15) is 0 Å². The Bertz CT molecular complexity index is 401. The van der Waals surface area contributed by atoms with Crippen LogP contribution in [0.25, 0.3) is 0 Å². The van der Waals surface area contributed by atoms with E-state index in [1.54, 1.807) is 12.1 Å². The van der Waals surface area contributed by atoms with E-state index >= 15 is 0 Å². The normalized spacial score (nSPS) is 17.8. The quantitative estimate of drug-likeness (QED) is 0.883. The van der Waals surface area contributed by atoms with Gasteiger partial charge in [0.25, 0.3) is 0 Å². The van der Waals surface area contributed by atoms with E-state index in [1.807, 2.05) is 7.05 Å². The molecule has 0 unspecified atom stereocenters. The predicted octanol–water partition coefficient (Wildman–Crippen LogP) is 2.79. The Morgan fingerprint density at radius 2 is 2.00 bits per heavy atom. The standard InChI is InChI=1S/C15H22F2N2/c1-18-8-5-12-6-9-19(10-7-12)11-13-3-2-4-14(16)15(13)17/h2-4,12,18H,5-11H2,1H3. The second-order valence-electron chi connectivity index (χ2n) is 5.32. The third-order valence-electron chi connectivity index (χ3n) is 3.94. The predicted molar refractivity (Wildman–Crippen MR) is 72.9 cm³/mol. The maximum atomic E-state index is 13.6. The number of nitrogens with one attached hydrogen (secondary N) is 1. The zero-order valence-electron chi connectivity index (χ0n) is 11.5. The van der Waals surface area contributed by atoms with Crippen LogP contribution in [0, 0.1) is 17.6 Å². The van der Waals surface area contributed by atoms with Crippen molar-refractivity contribution in [3.63, 3.8) is 0 Å². The molecule has 0 atom stereocenters. The van der Waals surface area contributed by atoms with Crippen LogP contribution in [-0.2, 0) is 6.54 Å². The Labute approximate surface area is 113 Å². The second-order valence-corrected chi connectivity index (χ2v) is 5.32. The monoisotopic (exact) mass is 268 g/mol. The van der Waals surface area contributed by atoms with Gasteiger partial charge in [0.15, 0.2) is 11.6 Å². The molecule has 106 valence electrons. The first-order chi connectivity index (χ1) is 9.20. The van der Waals surface area contributed by atoms with Gasteiger partial charge >= 0.3 is 0 Å². The van der Waals surface area contributed by atoms with Crippen molar-refractivity contribution in [2.24, 2.45) is 5.92 Å². The Balaban J connectivity index is 1.84. The number of halogens is 2. The summed E-state index contributed by atoms with van der Waals surface area (Å²) >= 11 is 0. The maximum Gasteiger partial charge on any atom is 0.163 e.